The summed E-state index contributed by atoms with van der Waals surface area (Å²) in [4.78, 5) is 13.0. The highest BCUT2D eigenvalue weighted by Gasteiger charge is 2.43. The lowest BCUT2D eigenvalue weighted by Gasteiger charge is -2.24. The van der Waals surface area contributed by atoms with Crippen molar-refractivity contribution in [3.05, 3.63) is 100 Å². The third kappa shape index (κ3) is 3.06. The molecule has 38 heavy (non-hydrogen) atoms. The molecule has 1 aliphatic heterocycles. The van der Waals surface area contributed by atoms with Gasteiger partial charge < -0.3 is 5.32 Å². The van der Waals surface area contributed by atoms with Crippen LogP contribution in [0.5, 0.6) is 0 Å². The molecule has 0 spiro atoms. The van der Waals surface area contributed by atoms with Gasteiger partial charge in [0.2, 0.25) is 0 Å². The fourth-order valence-corrected chi connectivity index (χ4v) is 6.97. The quantitative estimate of drug-likeness (QED) is 0.316. The molecule has 0 unspecified atom stereocenters. The summed E-state index contributed by atoms with van der Waals surface area (Å²) in [6.07, 6.45) is 9.24. The lowest BCUT2D eigenvalue weighted by molar-refractivity contribution is 0.652. The fraction of sp³-hybridized carbons (Fsp3) is 0.265. The van der Waals surface area contributed by atoms with Crippen molar-refractivity contribution in [3.63, 3.8) is 0 Å². The van der Waals surface area contributed by atoms with E-state index in [2.05, 4.69) is 104 Å². The molecule has 188 valence electrons. The standard InChI is InChI=1S/C34H32N4/c1-19-7-21(23-13-35-17-36-14-23)9-29-31(19)25-11-28-26(12-27(25)33(29,3)4)32-20(2)8-22(10-30(32)34(28,5)6)24-15-37-18-38-16-24/h7-15,17-18H,16H2,1-6H3,(H,37,38). The van der Waals surface area contributed by atoms with Crippen molar-refractivity contribution < 1.29 is 0 Å². The van der Waals surface area contributed by atoms with Gasteiger partial charge in [0.15, 0.2) is 0 Å². The maximum atomic E-state index is 4.44. The van der Waals surface area contributed by atoms with Crippen LogP contribution in [0.3, 0.4) is 0 Å². The number of fused-ring (bicyclic) bond motifs is 6. The Hall–Kier alpha value is -4.05. The summed E-state index contributed by atoms with van der Waals surface area (Å²) in [6.45, 7) is 14.7. The van der Waals surface area contributed by atoms with Gasteiger partial charge in [-0.15, -0.1) is 0 Å². The zero-order valence-corrected chi connectivity index (χ0v) is 22.9. The number of aromatic nitrogens is 2. The molecule has 3 aromatic carbocycles. The minimum Gasteiger partial charge on any atom is -0.353 e. The molecular formula is C34H32N4. The second kappa shape index (κ2) is 7.73. The Labute approximate surface area is 224 Å². The van der Waals surface area contributed by atoms with E-state index in [4.69, 9.17) is 0 Å². The van der Waals surface area contributed by atoms with E-state index in [0.29, 0.717) is 6.54 Å². The molecular weight excluding hydrogens is 464 g/mol. The number of hydrogen-bond acceptors (Lipinski definition) is 4. The predicted molar refractivity (Wildman–Crippen MR) is 157 cm³/mol. The number of aliphatic imine (C=N–C) groups is 1. The first-order valence-corrected chi connectivity index (χ1v) is 13.4. The topological polar surface area (TPSA) is 50.2 Å². The SMILES string of the molecule is Cc1cc(C2=CNC=NC2)cc2c1-c1cc3c(cc1C2(C)C)-c1c(C)cc(-c2cncnc2)cc1C3(C)C. The molecule has 1 aromatic heterocycles. The second-order valence-electron chi connectivity index (χ2n) is 12.1. The molecule has 0 saturated carbocycles. The largest absolute Gasteiger partial charge is 0.353 e. The Morgan fingerprint density at radius 2 is 1.21 bits per heavy atom. The summed E-state index contributed by atoms with van der Waals surface area (Å²) < 4.78 is 0. The molecule has 0 bridgehead atoms. The van der Waals surface area contributed by atoms with Crippen LogP contribution in [0, 0.1) is 13.8 Å². The first-order chi connectivity index (χ1) is 18.2. The zero-order chi connectivity index (χ0) is 26.4. The lowest BCUT2D eigenvalue weighted by Crippen LogP contribution is -2.17. The Balaban J connectivity index is 1.42. The first kappa shape index (κ1) is 23.1. The molecule has 0 radical (unpaired) electrons. The molecule has 0 saturated heterocycles. The van der Waals surface area contributed by atoms with Crippen molar-refractivity contribution in [2.75, 3.05) is 6.54 Å². The van der Waals surface area contributed by atoms with Gasteiger partial charge in [0, 0.05) is 35.0 Å². The van der Waals surface area contributed by atoms with E-state index in [1.54, 1.807) is 12.7 Å². The Bertz CT molecular complexity index is 1720. The van der Waals surface area contributed by atoms with Crippen molar-refractivity contribution in [3.8, 4) is 33.4 Å². The molecule has 4 nitrogen and oxygen atoms in total. The molecule has 2 heterocycles. The second-order valence-corrected chi connectivity index (χ2v) is 12.1. The van der Waals surface area contributed by atoms with Crippen molar-refractivity contribution in [1.29, 1.82) is 0 Å². The minimum absolute atomic E-state index is 0.0888. The normalized spacial score (nSPS) is 17.3. The minimum atomic E-state index is -0.104. The zero-order valence-electron chi connectivity index (χ0n) is 22.9. The highest BCUT2D eigenvalue weighted by molar-refractivity contribution is 5.93. The Morgan fingerprint density at radius 3 is 1.76 bits per heavy atom. The molecule has 0 atom stereocenters. The molecule has 4 aromatic rings. The van der Waals surface area contributed by atoms with Crippen LogP contribution in [0.2, 0.25) is 0 Å². The first-order valence-electron chi connectivity index (χ1n) is 13.4. The monoisotopic (exact) mass is 496 g/mol. The van der Waals surface area contributed by atoms with Gasteiger partial charge in [0.1, 0.15) is 6.33 Å². The third-order valence-corrected chi connectivity index (χ3v) is 9.01. The van der Waals surface area contributed by atoms with Gasteiger partial charge in [-0.1, -0.05) is 39.8 Å². The summed E-state index contributed by atoms with van der Waals surface area (Å²) in [7, 11) is 0. The summed E-state index contributed by atoms with van der Waals surface area (Å²) in [5, 5.41) is 3.17. The maximum absolute atomic E-state index is 4.44. The van der Waals surface area contributed by atoms with Crippen LogP contribution in [0.4, 0.5) is 0 Å². The maximum Gasteiger partial charge on any atom is 0.115 e. The van der Waals surface area contributed by atoms with Gasteiger partial charge >= 0.3 is 0 Å². The summed E-state index contributed by atoms with van der Waals surface area (Å²) >= 11 is 0. The van der Waals surface area contributed by atoms with Gasteiger partial charge in [-0.05, 0) is 110 Å². The molecule has 0 amide bonds. The van der Waals surface area contributed by atoms with Gasteiger partial charge in [0.05, 0.1) is 12.9 Å². The summed E-state index contributed by atoms with van der Waals surface area (Å²) in [5.74, 6) is 0. The summed E-state index contributed by atoms with van der Waals surface area (Å²) in [6, 6.07) is 14.4. The molecule has 3 aliphatic rings. The molecule has 0 fully saturated rings. The van der Waals surface area contributed by atoms with Crippen LogP contribution < -0.4 is 5.32 Å². The number of benzene rings is 3. The van der Waals surface area contributed by atoms with Gasteiger partial charge in [0.25, 0.3) is 0 Å². The van der Waals surface area contributed by atoms with Crippen LogP contribution in [-0.4, -0.2) is 22.9 Å². The fourth-order valence-electron chi connectivity index (χ4n) is 6.97. The number of nitrogens with one attached hydrogen (secondary N) is 1. The van der Waals surface area contributed by atoms with E-state index in [1.165, 1.54) is 72.3 Å². The van der Waals surface area contributed by atoms with E-state index in [9.17, 15) is 0 Å². The van der Waals surface area contributed by atoms with E-state index in [-0.39, 0.29) is 10.8 Å². The molecule has 4 heteroatoms. The Morgan fingerprint density at radius 1 is 0.658 bits per heavy atom. The average Bonchev–Trinajstić information content (AvgIpc) is 3.28. The number of hydrogen-bond donors (Lipinski definition) is 1. The van der Waals surface area contributed by atoms with E-state index >= 15 is 0 Å². The van der Waals surface area contributed by atoms with Gasteiger partial charge in [-0.2, -0.15) is 0 Å². The molecule has 7 rings (SSSR count). The van der Waals surface area contributed by atoms with Crippen molar-refractivity contribution in [2.24, 2.45) is 4.99 Å². The van der Waals surface area contributed by atoms with Crippen molar-refractivity contribution in [2.45, 2.75) is 52.4 Å². The van der Waals surface area contributed by atoms with Crippen LogP contribution in [0.25, 0.3) is 39.0 Å². The third-order valence-electron chi connectivity index (χ3n) is 9.01. The highest BCUT2D eigenvalue weighted by atomic mass is 14.9. The van der Waals surface area contributed by atoms with Crippen LogP contribution >= 0.6 is 0 Å². The van der Waals surface area contributed by atoms with Crippen LogP contribution in [-0.2, 0) is 10.8 Å². The van der Waals surface area contributed by atoms with E-state index < -0.39 is 0 Å². The molecule has 1 N–H and O–H groups in total. The smallest absolute Gasteiger partial charge is 0.115 e. The Kier molecular flexibility index (Phi) is 4.70. The molecule has 2 aliphatic carbocycles. The van der Waals surface area contributed by atoms with Gasteiger partial charge in [-0.25, -0.2) is 9.97 Å². The van der Waals surface area contributed by atoms with Crippen LogP contribution in [0.15, 0.2) is 66.3 Å². The highest BCUT2D eigenvalue weighted by Crippen LogP contribution is 2.57. The van der Waals surface area contributed by atoms with Crippen LogP contribution in [0.1, 0.15) is 66.6 Å². The van der Waals surface area contributed by atoms with E-state index in [0.717, 1.165) is 5.56 Å². The summed E-state index contributed by atoms with van der Waals surface area (Å²) in [5.41, 5.74) is 18.4. The lowest BCUT2D eigenvalue weighted by atomic mass is 9.79. The van der Waals surface area contributed by atoms with Gasteiger partial charge in [-0.3, -0.25) is 4.99 Å². The van der Waals surface area contributed by atoms with Crippen molar-refractivity contribution in [1.82, 2.24) is 15.3 Å². The number of aryl methyl sites for hydroxylation is 2. The number of nitrogens with zero attached hydrogens (tertiary/aromatic N) is 3. The van der Waals surface area contributed by atoms with E-state index in [1.807, 2.05) is 12.4 Å². The number of rotatable bonds is 2. The van der Waals surface area contributed by atoms with Crippen molar-refractivity contribution >= 4 is 11.9 Å². The average molecular weight is 497 g/mol. The predicted octanol–water partition coefficient (Wildman–Crippen LogP) is 7.35.